The highest BCUT2D eigenvalue weighted by atomic mass is 19.1. The number of ether oxygens (including phenoxy) is 1. The molecule has 0 bridgehead atoms. The van der Waals surface area contributed by atoms with Gasteiger partial charge in [-0.2, -0.15) is 0 Å². The van der Waals surface area contributed by atoms with Crippen molar-refractivity contribution in [2.75, 3.05) is 6.61 Å². The topological polar surface area (TPSA) is 122 Å². The van der Waals surface area contributed by atoms with Crippen LogP contribution < -0.4 is 10.6 Å². The van der Waals surface area contributed by atoms with Crippen LogP contribution in [0.2, 0.25) is 0 Å². The number of carboxylic acid groups (broad SMARTS) is 1. The second-order valence-corrected chi connectivity index (χ2v) is 5.87. The summed E-state index contributed by atoms with van der Waals surface area (Å²) in [7, 11) is 0. The van der Waals surface area contributed by atoms with E-state index in [9.17, 15) is 28.7 Å². The molecule has 1 rings (SSSR count). The average molecular weight is 394 g/mol. The summed E-state index contributed by atoms with van der Waals surface area (Å²) in [5.41, 5.74) is 0.587. The van der Waals surface area contributed by atoms with Gasteiger partial charge < -0.3 is 20.5 Å². The fraction of sp³-hybridized carbons (Fsp3) is 0.368. The summed E-state index contributed by atoms with van der Waals surface area (Å²) in [5.74, 6) is -3.55. The summed E-state index contributed by atoms with van der Waals surface area (Å²) < 4.78 is 17.7. The highest BCUT2D eigenvalue weighted by molar-refractivity contribution is 5.90. The second-order valence-electron chi connectivity index (χ2n) is 5.87. The summed E-state index contributed by atoms with van der Waals surface area (Å²) in [6.45, 7) is 3.04. The Hall–Kier alpha value is -3.23. The lowest BCUT2D eigenvalue weighted by atomic mass is 10.0. The fourth-order valence-corrected chi connectivity index (χ4v) is 2.30. The number of carbonyl (C=O) groups is 4. The molecule has 3 N–H and O–H groups in total. The van der Waals surface area contributed by atoms with E-state index in [0.29, 0.717) is 5.56 Å². The van der Waals surface area contributed by atoms with E-state index >= 15 is 0 Å². The van der Waals surface area contributed by atoms with Crippen molar-refractivity contribution in [2.24, 2.45) is 0 Å². The Morgan fingerprint density at radius 3 is 2.32 bits per heavy atom. The lowest BCUT2D eigenvalue weighted by Crippen LogP contribution is -2.52. The van der Waals surface area contributed by atoms with Crippen molar-refractivity contribution in [3.8, 4) is 0 Å². The monoisotopic (exact) mass is 394 g/mol. The largest absolute Gasteiger partial charge is 0.480 e. The van der Waals surface area contributed by atoms with Gasteiger partial charge in [0.25, 0.3) is 0 Å². The van der Waals surface area contributed by atoms with E-state index < -0.39 is 41.7 Å². The smallest absolute Gasteiger partial charge is 0.330 e. The van der Waals surface area contributed by atoms with Crippen molar-refractivity contribution in [3.63, 3.8) is 0 Å². The lowest BCUT2D eigenvalue weighted by molar-refractivity contribution is -0.142. The van der Waals surface area contributed by atoms with Crippen molar-refractivity contribution in [1.82, 2.24) is 10.6 Å². The van der Waals surface area contributed by atoms with Crippen molar-refractivity contribution in [2.45, 2.75) is 38.8 Å². The van der Waals surface area contributed by atoms with Crippen molar-refractivity contribution in [3.05, 3.63) is 47.8 Å². The molecule has 8 nitrogen and oxygen atoms in total. The van der Waals surface area contributed by atoms with Crippen LogP contribution in [0.15, 0.2) is 36.4 Å². The minimum Gasteiger partial charge on any atom is -0.480 e. The summed E-state index contributed by atoms with van der Waals surface area (Å²) in [5, 5.41) is 14.1. The molecule has 0 aliphatic carbocycles. The van der Waals surface area contributed by atoms with Gasteiger partial charge in [-0.25, -0.2) is 14.0 Å². The molecule has 0 saturated heterocycles. The second kappa shape index (κ2) is 11.5. The van der Waals surface area contributed by atoms with Crippen LogP contribution in [0, 0.1) is 5.82 Å². The van der Waals surface area contributed by atoms with E-state index in [1.165, 1.54) is 37.3 Å². The number of aliphatic carboxylic acids is 1. The zero-order valence-corrected chi connectivity index (χ0v) is 15.6. The summed E-state index contributed by atoms with van der Waals surface area (Å²) >= 11 is 0. The third kappa shape index (κ3) is 8.43. The number of amides is 2. The molecule has 0 saturated carbocycles. The third-order valence-corrected chi connectivity index (χ3v) is 3.57. The van der Waals surface area contributed by atoms with Crippen LogP contribution >= 0.6 is 0 Å². The van der Waals surface area contributed by atoms with Crippen molar-refractivity contribution < 1.29 is 33.4 Å². The van der Waals surface area contributed by atoms with Crippen LogP contribution in [0.4, 0.5) is 4.39 Å². The highest BCUT2D eigenvalue weighted by Crippen LogP contribution is 2.07. The van der Waals surface area contributed by atoms with Crippen LogP contribution in [0.3, 0.4) is 0 Å². The van der Waals surface area contributed by atoms with Crippen LogP contribution in [0.5, 0.6) is 0 Å². The molecule has 1 aromatic rings. The Bertz CT molecular complexity index is 732. The molecule has 9 heteroatoms. The molecule has 2 atom stereocenters. The maximum absolute atomic E-state index is 13.0. The first kappa shape index (κ1) is 22.8. The Labute approximate surface area is 161 Å². The van der Waals surface area contributed by atoms with Gasteiger partial charge in [-0.3, -0.25) is 9.59 Å². The molecule has 28 heavy (non-hydrogen) atoms. The number of hydrogen-bond donors (Lipinski definition) is 3. The van der Waals surface area contributed by atoms with Crippen molar-refractivity contribution >= 4 is 23.8 Å². The Morgan fingerprint density at radius 2 is 1.79 bits per heavy atom. The van der Waals surface area contributed by atoms with E-state index in [1.807, 2.05) is 0 Å². The molecule has 0 spiro atoms. The van der Waals surface area contributed by atoms with Gasteiger partial charge in [0.2, 0.25) is 11.8 Å². The maximum atomic E-state index is 13.0. The molecule has 0 aliphatic heterocycles. The molecule has 0 aromatic heterocycles. The molecular formula is C19H23FN2O6. The lowest BCUT2D eigenvalue weighted by Gasteiger charge is -2.20. The molecule has 2 amide bonds. The molecule has 1 aromatic carbocycles. The molecule has 152 valence electrons. The first-order valence-electron chi connectivity index (χ1n) is 8.61. The number of halogens is 1. The number of carbonyl (C=O) groups excluding carboxylic acids is 3. The number of rotatable bonds is 10. The van der Waals surface area contributed by atoms with Gasteiger partial charge in [0.1, 0.15) is 17.9 Å². The SMILES string of the molecule is CCOC(=O)/C=C/C[C@H](NC(=O)[C@@H](Cc1ccc(F)cc1)NC(C)=O)C(=O)O. The number of nitrogens with one attached hydrogen (secondary N) is 2. The number of carboxylic acids is 1. The molecule has 0 aliphatic rings. The van der Waals surface area contributed by atoms with Gasteiger partial charge >= 0.3 is 11.9 Å². The van der Waals surface area contributed by atoms with Crippen LogP contribution in [-0.4, -0.2) is 47.6 Å². The summed E-state index contributed by atoms with van der Waals surface area (Å²) in [6, 6.07) is 3.03. The third-order valence-electron chi connectivity index (χ3n) is 3.57. The first-order valence-corrected chi connectivity index (χ1v) is 8.61. The first-order chi connectivity index (χ1) is 13.2. The maximum Gasteiger partial charge on any atom is 0.330 e. The van der Waals surface area contributed by atoms with Gasteiger partial charge in [0, 0.05) is 19.4 Å². The molecule has 0 fully saturated rings. The Balaban J connectivity index is 2.81. The van der Waals surface area contributed by atoms with E-state index in [4.69, 9.17) is 0 Å². The molecule has 0 unspecified atom stereocenters. The number of benzene rings is 1. The molecule has 0 radical (unpaired) electrons. The van der Waals surface area contributed by atoms with Gasteiger partial charge in [-0.15, -0.1) is 0 Å². The predicted molar refractivity (Wildman–Crippen MR) is 97.7 cm³/mol. The van der Waals surface area contributed by atoms with Crippen LogP contribution in [0.1, 0.15) is 25.8 Å². The minimum absolute atomic E-state index is 0.0523. The van der Waals surface area contributed by atoms with Gasteiger partial charge in [0.05, 0.1) is 6.61 Å². The number of esters is 1. The molecule has 0 heterocycles. The van der Waals surface area contributed by atoms with Gasteiger partial charge in [0.15, 0.2) is 0 Å². The summed E-state index contributed by atoms with van der Waals surface area (Å²) in [4.78, 5) is 46.5. The Kier molecular flexibility index (Phi) is 9.35. The minimum atomic E-state index is -1.30. The zero-order chi connectivity index (χ0) is 21.1. The summed E-state index contributed by atoms with van der Waals surface area (Å²) in [6.07, 6.45) is 2.26. The van der Waals surface area contributed by atoms with E-state index in [0.717, 1.165) is 6.08 Å². The van der Waals surface area contributed by atoms with E-state index in [2.05, 4.69) is 15.4 Å². The molecular weight excluding hydrogens is 371 g/mol. The average Bonchev–Trinajstić information content (AvgIpc) is 2.61. The van der Waals surface area contributed by atoms with Gasteiger partial charge in [-0.1, -0.05) is 18.2 Å². The van der Waals surface area contributed by atoms with E-state index in [1.54, 1.807) is 6.92 Å². The Morgan fingerprint density at radius 1 is 1.14 bits per heavy atom. The zero-order valence-electron chi connectivity index (χ0n) is 15.6. The normalized spacial score (nSPS) is 12.8. The van der Waals surface area contributed by atoms with Crippen LogP contribution in [0.25, 0.3) is 0 Å². The van der Waals surface area contributed by atoms with Gasteiger partial charge in [-0.05, 0) is 31.0 Å². The predicted octanol–water partition coefficient (Wildman–Crippen LogP) is 0.952. The van der Waals surface area contributed by atoms with E-state index in [-0.39, 0.29) is 19.4 Å². The van der Waals surface area contributed by atoms with Crippen molar-refractivity contribution in [1.29, 1.82) is 0 Å². The number of hydrogen-bond acceptors (Lipinski definition) is 5. The highest BCUT2D eigenvalue weighted by Gasteiger charge is 2.25. The van der Waals surface area contributed by atoms with Crippen LogP contribution in [-0.2, 0) is 30.3 Å². The fourth-order valence-electron chi connectivity index (χ4n) is 2.30. The standard InChI is InChI=1S/C19H23FN2O6/c1-3-28-17(24)6-4-5-15(19(26)27)22-18(25)16(21-12(2)23)11-13-7-9-14(20)10-8-13/h4,6-10,15-16H,3,5,11H2,1-2H3,(H,21,23)(H,22,25)(H,26,27)/b6-4+/t15-,16+/m0/s1. The quantitative estimate of drug-likeness (QED) is 0.401.